The van der Waals surface area contributed by atoms with Crippen LogP contribution in [0.2, 0.25) is 0 Å². The van der Waals surface area contributed by atoms with Crippen LogP contribution in [0.1, 0.15) is 26.2 Å². The fraction of sp³-hybridized carbons (Fsp3) is 0.471. The SMILES string of the molecule is CC1CCCC1CNc1cc(=O)n(C)c2ccccc12. The topological polar surface area (TPSA) is 34.0 Å². The third-order valence-corrected chi connectivity index (χ3v) is 4.75. The van der Waals surface area contributed by atoms with Gasteiger partial charge < -0.3 is 9.88 Å². The van der Waals surface area contributed by atoms with Crippen LogP contribution in [0.4, 0.5) is 5.69 Å². The standard InChI is InChI=1S/C17H22N2O/c1-12-6-5-7-13(12)11-18-15-10-17(20)19(2)16-9-4-3-8-14(15)16/h3-4,8-10,12-13,18H,5-7,11H2,1-2H3. The molecule has 0 saturated heterocycles. The first-order chi connectivity index (χ1) is 9.66. The third kappa shape index (κ3) is 2.33. The molecule has 2 unspecified atom stereocenters. The van der Waals surface area contributed by atoms with Crippen LogP contribution in [-0.4, -0.2) is 11.1 Å². The van der Waals surface area contributed by atoms with Gasteiger partial charge in [0, 0.05) is 30.7 Å². The second-order valence-electron chi connectivity index (χ2n) is 6.02. The van der Waals surface area contributed by atoms with Crippen molar-refractivity contribution in [2.45, 2.75) is 26.2 Å². The summed E-state index contributed by atoms with van der Waals surface area (Å²) in [5.41, 5.74) is 2.01. The Bertz CT molecular complexity index is 674. The maximum atomic E-state index is 12.0. The van der Waals surface area contributed by atoms with Crippen LogP contribution in [0.15, 0.2) is 35.1 Å². The molecule has 1 aromatic carbocycles. The Hall–Kier alpha value is -1.77. The summed E-state index contributed by atoms with van der Waals surface area (Å²) in [6.45, 7) is 3.31. The zero-order chi connectivity index (χ0) is 14.1. The molecule has 3 heteroatoms. The predicted octanol–water partition coefficient (Wildman–Crippen LogP) is 3.39. The first-order valence-electron chi connectivity index (χ1n) is 7.49. The number of nitrogens with zero attached hydrogens (tertiary/aromatic N) is 1. The molecule has 1 aliphatic rings. The van der Waals surface area contributed by atoms with Crippen molar-refractivity contribution in [2.75, 3.05) is 11.9 Å². The predicted molar refractivity (Wildman–Crippen MR) is 84.2 cm³/mol. The van der Waals surface area contributed by atoms with Gasteiger partial charge in [-0.25, -0.2) is 0 Å². The lowest BCUT2D eigenvalue weighted by atomic mass is 9.98. The highest BCUT2D eigenvalue weighted by Crippen LogP contribution is 2.31. The van der Waals surface area contributed by atoms with E-state index in [2.05, 4.69) is 18.3 Å². The lowest BCUT2D eigenvalue weighted by Gasteiger charge is -2.18. The number of nitrogens with one attached hydrogen (secondary N) is 1. The number of aromatic nitrogens is 1. The summed E-state index contributed by atoms with van der Waals surface area (Å²) >= 11 is 0. The summed E-state index contributed by atoms with van der Waals surface area (Å²) in [4.78, 5) is 12.0. The number of anilines is 1. The highest BCUT2D eigenvalue weighted by Gasteiger charge is 2.23. The molecule has 2 aromatic rings. The van der Waals surface area contributed by atoms with Gasteiger partial charge in [0.2, 0.25) is 0 Å². The largest absolute Gasteiger partial charge is 0.384 e. The van der Waals surface area contributed by atoms with Crippen molar-refractivity contribution in [3.8, 4) is 0 Å². The van der Waals surface area contributed by atoms with Gasteiger partial charge in [0.1, 0.15) is 0 Å². The maximum Gasteiger partial charge on any atom is 0.252 e. The van der Waals surface area contributed by atoms with Gasteiger partial charge in [0.05, 0.1) is 5.52 Å². The van der Waals surface area contributed by atoms with Crippen LogP contribution in [0.3, 0.4) is 0 Å². The van der Waals surface area contributed by atoms with E-state index in [0.29, 0.717) is 0 Å². The Morgan fingerprint density at radius 1 is 1.30 bits per heavy atom. The van der Waals surface area contributed by atoms with E-state index in [1.165, 1.54) is 19.3 Å². The molecule has 1 saturated carbocycles. The highest BCUT2D eigenvalue weighted by atomic mass is 16.1. The van der Waals surface area contributed by atoms with Crippen LogP contribution in [0.25, 0.3) is 10.9 Å². The molecule has 3 rings (SSSR count). The van der Waals surface area contributed by atoms with E-state index < -0.39 is 0 Å². The van der Waals surface area contributed by atoms with Gasteiger partial charge in [-0.2, -0.15) is 0 Å². The number of aryl methyl sites for hydroxylation is 1. The average molecular weight is 270 g/mol. The number of fused-ring (bicyclic) bond motifs is 1. The zero-order valence-corrected chi connectivity index (χ0v) is 12.2. The molecule has 1 fully saturated rings. The quantitative estimate of drug-likeness (QED) is 0.927. The first-order valence-corrected chi connectivity index (χ1v) is 7.49. The van der Waals surface area contributed by atoms with Crippen molar-refractivity contribution in [2.24, 2.45) is 18.9 Å². The molecule has 106 valence electrons. The fourth-order valence-corrected chi connectivity index (χ4v) is 3.32. The minimum Gasteiger partial charge on any atom is -0.384 e. The van der Waals surface area contributed by atoms with E-state index in [1.807, 2.05) is 25.2 Å². The van der Waals surface area contributed by atoms with Crippen LogP contribution < -0.4 is 10.9 Å². The number of benzene rings is 1. The molecule has 0 radical (unpaired) electrons. The molecular weight excluding hydrogens is 248 g/mol. The number of para-hydroxylation sites is 1. The summed E-state index contributed by atoms with van der Waals surface area (Å²) < 4.78 is 1.71. The van der Waals surface area contributed by atoms with Crippen molar-refractivity contribution in [1.29, 1.82) is 0 Å². The van der Waals surface area contributed by atoms with Gasteiger partial charge in [0.25, 0.3) is 5.56 Å². The fourth-order valence-electron chi connectivity index (χ4n) is 3.32. The van der Waals surface area contributed by atoms with E-state index in [9.17, 15) is 4.79 Å². The molecule has 1 aliphatic carbocycles. The van der Waals surface area contributed by atoms with Gasteiger partial charge in [-0.3, -0.25) is 4.79 Å². The van der Waals surface area contributed by atoms with Crippen molar-refractivity contribution in [3.05, 3.63) is 40.7 Å². The highest BCUT2D eigenvalue weighted by molar-refractivity contribution is 5.91. The third-order valence-electron chi connectivity index (χ3n) is 4.75. The number of hydrogen-bond donors (Lipinski definition) is 1. The molecule has 1 heterocycles. The number of pyridine rings is 1. The lowest BCUT2D eigenvalue weighted by molar-refractivity contribution is 0.440. The molecule has 1 aromatic heterocycles. The van der Waals surface area contributed by atoms with Gasteiger partial charge in [-0.15, -0.1) is 0 Å². The van der Waals surface area contributed by atoms with Crippen molar-refractivity contribution >= 4 is 16.6 Å². The Kier molecular flexibility index (Phi) is 3.51. The number of hydrogen-bond acceptors (Lipinski definition) is 2. The molecule has 20 heavy (non-hydrogen) atoms. The molecular formula is C17H22N2O. The Balaban J connectivity index is 1.91. The average Bonchev–Trinajstić information content (AvgIpc) is 2.87. The summed E-state index contributed by atoms with van der Waals surface area (Å²) in [7, 11) is 1.83. The van der Waals surface area contributed by atoms with E-state index >= 15 is 0 Å². The second-order valence-corrected chi connectivity index (χ2v) is 6.02. The van der Waals surface area contributed by atoms with Crippen LogP contribution >= 0.6 is 0 Å². The number of rotatable bonds is 3. The molecule has 0 amide bonds. The van der Waals surface area contributed by atoms with Gasteiger partial charge in [0.15, 0.2) is 0 Å². The molecule has 0 bridgehead atoms. The van der Waals surface area contributed by atoms with E-state index in [-0.39, 0.29) is 5.56 Å². The zero-order valence-electron chi connectivity index (χ0n) is 12.2. The van der Waals surface area contributed by atoms with Crippen LogP contribution in [0, 0.1) is 11.8 Å². The molecule has 0 aliphatic heterocycles. The molecule has 0 spiro atoms. The first kappa shape index (κ1) is 13.2. The molecule has 1 N–H and O–H groups in total. The Morgan fingerprint density at radius 3 is 2.85 bits per heavy atom. The summed E-state index contributed by atoms with van der Waals surface area (Å²) in [5, 5.41) is 4.64. The van der Waals surface area contributed by atoms with Gasteiger partial charge in [-0.1, -0.05) is 38.0 Å². The second kappa shape index (κ2) is 5.31. The summed E-state index contributed by atoms with van der Waals surface area (Å²) in [6.07, 6.45) is 3.98. The monoisotopic (exact) mass is 270 g/mol. The molecule has 2 atom stereocenters. The van der Waals surface area contributed by atoms with Gasteiger partial charge >= 0.3 is 0 Å². The Labute approximate surface area is 119 Å². The maximum absolute atomic E-state index is 12.0. The lowest BCUT2D eigenvalue weighted by Crippen LogP contribution is -2.20. The van der Waals surface area contributed by atoms with Crippen molar-refractivity contribution < 1.29 is 0 Å². The minimum atomic E-state index is 0.0469. The smallest absolute Gasteiger partial charge is 0.252 e. The Morgan fingerprint density at radius 2 is 2.10 bits per heavy atom. The van der Waals surface area contributed by atoms with Crippen molar-refractivity contribution in [1.82, 2.24) is 4.57 Å². The van der Waals surface area contributed by atoms with E-state index in [1.54, 1.807) is 10.6 Å². The minimum absolute atomic E-state index is 0.0469. The summed E-state index contributed by atoms with van der Waals surface area (Å²) in [6, 6.07) is 9.80. The van der Waals surface area contributed by atoms with E-state index in [0.717, 1.165) is 35.0 Å². The molecule has 3 nitrogen and oxygen atoms in total. The van der Waals surface area contributed by atoms with Crippen LogP contribution in [-0.2, 0) is 7.05 Å². The van der Waals surface area contributed by atoms with E-state index in [4.69, 9.17) is 0 Å². The van der Waals surface area contributed by atoms with Crippen LogP contribution in [0.5, 0.6) is 0 Å². The van der Waals surface area contributed by atoms with Crippen molar-refractivity contribution in [3.63, 3.8) is 0 Å². The van der Waals surface area contributed by atoms with Gasteiger partial charge in [-0.05, 0) is 24.3 Å². The summed E-state index contributed by atoms with van der Waals surface area (Å²) in [5.74, 6) is 1.53. The normalized spacial score (nSPS) is 22.3.